The van der Waals surface area contributed by atoms with Gasteiger partial charge in [0.2, 0.25) is 23.6 Å². The second-order valence-electron chi connectivity index (χ2n) is 13.3. The van der Waals surface area contributed by atoms with Gasteiger partial charge in [0.15, 0.2) is 6.29 Å². The number of nitrogens with two attached hydrogens (primary N) is 1. The van der Waals surface area contributed by atoms with Crippen molar-refractivity contribution in [3.8, 4) is 0 Å². The number of aromatic nitrogens is 1. The lowest BCUT2D eigenvalue weighted by Crippen LogP contribution is -2.48. The summed E-state index contributed by atoms with van der Waals surface area (Å²) >= 11 is 3.10. The number of halogens is 1. The van der Waals surface area contributed by atoms with E-state index >= 15 is 0 Å². The van der Waals surface area contributed by atoms with Crippen molar-refractivity contribution in [1.29, 1.82) is 0 Å². The third-order valence-corrected chi connectivity index (χ3v) is 10.2. The zero-order valence-corrected chi connectivity index (χ0v) is 30.2. The highest BCUT2D eigenvalue weighted by Crippen LogP contribution is 2.50. The minimum absolute atomic E-state index is 0.0729. The van der Waals surface area contributed by atoms with E-state index in [0.717, 1.165) is 28.8 Å². The molecule has 272 valence electrons. The number of fused-ring (bicyclic) bond motifs is 2. The monoisotopic (exact) mass is 765 g/mol. The predicted octanol–water partition coefficient (Wildman–Crippen LogP) is 2.14. The van der Waals surface area contributed by atoms with Crippen LogP contribution in [0.1, 0.15) is 55.0 Å². The highest BCUT2D eigenvalue weighted by Gasteiger charge is 2.51. The van der Waals surface area contributed by atoms with Crippen molar-refractivity contribution in [3.63, 3.8) is 0 Å². The van der Waals surface area contributed by atoms with Crippen LogP contribution in [0, 0.1) is 5.92 Å². The Bertz CT molecular complexity index is 1730. The summed E-state index contributed by atoms with van der Waals surface area (Å²) in [5.74, 6) is -0.722. The first-order valence-corrected chi connectivity index (χ1v) is 18.5. The van der Waals surface area contributed by atoms with Gasteiger partial charge < -0.3 is 40.7 Å². The van der Waals surface area contributed by atoms with Crippen LogP contribution < -0.4 is 16.4 Å². The maximum absolute atomic E-state index is 13.8. The van der Waals surface area contributed by atoms with E-state index in [2.05, 4.69) is 36.5 Å². The molecule has 2 aromatic rings. The number of aliphatic hydroxyl groups is 1. The molecule has 5 N–H and O–H groups in total. The normalized spacial score (nSPS) is 20.5. The van der Waals surface area contributed by atoms with Crippen molar-refractivity contribution in [2.75, 3.05) is 56.6 Å². The summed E-state index contributed by atoms with van der Waals surface area (Å²) in [6, 6.07) is 7.55. The lowest BCUT2D eigenvalue weighted by Gasteiger charge is -2.34. The average Bonchev–Trinajstić information content (AvgIpc) is 3.97. The maximum Gasteiger partial charge on any atom is 0.250 e. The molecule has 1 aromatic heterocycles. The summed E-state index contributed by atoms with van der Waals surface area (Å²) < 4.78 is 11.4. The molecule has 3 aliphatic heterocycles. The maximum atomic E-state index is 13.8. The number of amidine groups is 1. The Morgan fingerprint density at radius 1 is 1.16 bits per heavy atom. The van der Waals surface area contributed by atoms with E-state index in [-0.39, 0.29) is 68.3 Å². The number of carbonyl (C=O) groups excluding carboxylic acids is 4. The van der Waals surface area contributed by atoms with E-state index in [1.54, 1.807) is 22.1 Å². The number of ether oxygens (including phenoxy) is 2. The molecule has 0 spiro atoms. The Labute approximate surface area is 305 Å². The molecule has 6 rings (SSSR count). The number of hydrogen-bond acceptors (Lipinski definition) is 10. The van der Waals surface area contributed by atoms with Crippen molar-refractivity contribution in [2.45, 2.75) is 57.3 Å². The second kappa shape index (κ2) is 16.0. The third kappa shape index (κ3) is 8.32. The van der Waals surface area contributed by atoms with Crippen molar-refractivity contribution in [3.05, 3.63) is 58.4 Å². The van der Waals surface area contributed by atoms with Crippen molar-refractivity contribution in [1.82, 2.24) is 20.1 Å². The molecule has 0 atom stereocenters. The summed E-state index contributed by atoms with van der Waals surface area (Å²) in [5.41, 5.74) is 10.5. The van der Waals surface area contributed by atoms with Crippen LogP contribution in [-0.2, 0) is 47.0 Å². The van der Waals surface area contributed by atoms with Gasteiger partial charge >= 0.3 is 0 Å². The van der Waals surface area contributed by atoms with Gasteiger partial charge in [0.05, 0.1) is 60.6 Å². The smallest absolute Gasteiger partial charge is 0.250 e. The summed E-state index contributed by atoms with van der Waals surface area (Å²) in [6.07, 6.45) is 5.74. The molecule has 15 heteroatoms. The van der Waals surface area contributed by atoms with Crippen molar-refractivity contribution in [2.24, 2.45) is 16.6 Å². The highest BCUT2D eigenvalue weighted by atomic mass is 79.9. The number of hydrogen-bond donors (Lipinski definition) is 4. The molecule has 0 bridgehead atoms. The summed E-state index contributed by atoms with van der Waals surface area (Å²) in [4.78, 5) is 64.6. The SMILES string of the molecule is CCCN(CCO)C(=O)C1=Cc2ccc(C3(C(=O)Nc4cnc5c(c4)CN(C(=O)C4COC(CNC(=O)CBr)OC4)CC5)CC3)cc2N=C(N)C1. The van der Waals surface area contributed by atoms with Crippen LogP contribution in [0.2, 0.25) is 0 Å². The summed E-state index contributed by atoms with van der Waals surface area (Å²) in [5, 5.41) is 15.4. The Hall–Kier alpha value is -4.18. The standard InChI is InChI=1S/C36H44BrN7O7/c1-2-8-43(10-11-45)33(47)23-12-22-3-4-26(15-29(22)42-30(38)14-23)36(6-7-36)35(49)41-27-13-24-19-44(9-5-28(24)39-17-27)34(48)25-20-50-32(51-21-25)18-40-31(46)16-37/h3-4,12-13,15,17,25,32,45H,2,5-11,14,16,18-21H2,1H3,(H2,38,42)(H,40,46)(H,41,49). The molecular formula is C36H44BrN7O7. The van der Waals surface area contributed by atoms with Crippen LogP contribution in [-0.4, -0.2) is 107 Å². The van der Waals surface area contributed by atoms with Crippen LogP contribution >= 0.6 is 15.9 Å². The van der Waals surface area contributed by atoms with E-state index in [0.29, 0.717) is 61.7 Å². The molecule has 1 aliphatic carbocycles. The van der Waals surface area contributed by atoms with Gasteiger partial charge in [-0.2, -0.15) is 0 Å². The van der Waals surface area contributed by atoms with Crippen LogP contribution in [0.4, 0.5) is 11.4 Å². The van der Waals surface area contributed by atoms with E-state index in [1.807, 2.05) is 31.2 Å². The largest absolute Gasteiger partial charge is 0.395 e. The van der Waals surface area contributed by atoms with Crippen molar-refractivity contribution >= 4 is 62.8 Å². The molecule has 4 aliphatic rings. The van der Waals surface area contributed by atoms with E-state index in [1.165, 1.54) is 0 Å². The van der Waals surface area contributed by atoms with Gasteiger partial charge in [-0.1, -0.05) is 35.0 Å². The predicted molar refractivity (Wildman–Crippen MR) is 193 cm³/mol. The molecule has 4 amide bonds. The third-order valence-electron chi connectivity index (χ3n) is 9.67. The lowest BCUT2D eigenvalue weighted by atomic mass is 9.92. The number of carbonyl (C=O) groups is 4. The molecular weight excluding hydrogens is 722 g/mol. The van der Waals surface area contributed by atoms with Crippen LogP contribution in [0.5, 0.6) is 0 Å². The number of nitrogens with zero attached hydrogens (tertiary/aromatic N) is 4. The van der Waals surface area contributed by atoms with Gasteiger partial charge in [-0.25, -0.2) is 4.99 Å². The number of pyridine rings is 1. The first-order chi connectivity index (χ1) is 24.6. The molecule has 14 nitrogen and oxygen atoms in total. The molecule has 0 unspecified atom stereocenters. The molecule has 1 saturated heterocycles. The van der Waals surface area contributed by atoms with Gasteiger partial charge in [-0.05, 0) is 48.6 Å². The summed E-state index contributed by atoms with van der Waals surface area (Å²) in [6.45, 7) is 4.12. The first-order valence-electron chi connectivity index (χ1n) is 17.4. The minimum Gasteiger partial charge on any atom is -0.395 e. The molecule has 4 heterocycles. The number of benzene rings is 1. The molecule has 1 saturated carbocycles. The fourth-order valence-corrected chi connectivity index (χ4v) is 6.94. The Morgan fingerprint density at radius 3 is 2.65 bits per heavy atom. The number of anilines is 1. The van der Waals surface area contributed by atoms with E-state index in [9.17, 15) is 24.3 Å². The zero-order valence-electron chi connectivity index (χ0n) is 28.7. The minimum atomic E-state index is -0.735. The number of aliphatic hydroxyl groups excluding tert-OH is 1. The van der Waals surface area contributed by atoms with Crippen LogP contribution in [0.25, 0.3) is 6.08 Å². The summed E-state index contributed by atoms with van der Waals surface area (Å²) in [7, 11) is 0. The Balaban J connectivity index is 1.10. The fourth-order valence-electron chi connectivity index (χ4n) is 6.75. The lowest BCUT2D eigenvalue weighted by molar-refractivity contribution is -0.202. The van der Waals surface area contributed by atoms with Crippen LogP contribution in [0.15, 0.2) is 41.0 Å². The van der Waals surface area contributed by atoms with Crippen LogP contribution in [0.3, 0.4) is 0 Å². The Morgan fingerprint density at radius 2 is 1.94 bits per heavy atom. The molecule has 1 aromatic carbocycles. The Kier molecular flexibility index (Phi) is 11.5. The van der Waals surface area contributed by atoms with E-state index < -0.39 is 17.6 Å². The van der Waals surface area contributed by atoms with Gasteiger partial charge in [0.1, 0.15) is 5.84 Å². The first kappa shape index (κ1) is 36.6. The van der Waals surface area contributed by atoms with Gasteiger partial charge in [0, 0.05) is 55.9 Å². The number of alkyl halides is 1. The number of aliphatic imine (C=N–C) groups is 1. The zero-order chi connectivity index (χ0) is 36.1. The van der Waals surface area contributed by atoms with Gasteiger partial charge in [-0.15, -0.1) is 0 Å². The highest BCUT2D eigenvalue weighted by molar-refractivity contribution is 9.09. The average molecular weight is 767 g/mol. The fraction of sp³-hybridized carbons (Fsp3) is 0.500. The molecule has 2 fully saturated rings. The molecule has 0 radical (unpaired) electrons. The van der Waals surface area contributed by atoms with E-state index in [4.69, 9.17) is 15.2 Å². The quantitative estimate of drug-likeness (QED) is 0.235. The number of rotatable bonds is 12. The number of amides is 4. The van der Waals surface area contributed by atoms with Gasteiger partial charge in [0.25, 0.3) is 0 Å². The van der Waals surface area contributed by atoms with Gasteiger partial charge in [-0.3, -0.25) is 24.2 Å². The topological polar surface area (TPSA) is 189 Å². The molecule has 51 heavy (non-hydrogen) atoms. The second-order valence-corrected chi connectivity index (χ2v) is 13.9. The van der Waals surface area contributed by atoms with Crippen molar-refractivity contribution < 1.29 is 33.8 Å². The number of nitrogens with one attached hydrogen (secondary N) is 2.